The van der Waals surface area contributed by atoms with Gasteiger partial charge in [0.15, 0.2) is 0 Å². The molecule has 7 nitrogen and oxygen atoms in total. The number of primary amides is 2. The van der Waals surface area contributed by atoms with E-state index < -0.39 is 11.8 Å². The first-order valence-electron chi connectivity index (χ1n) is 6.03. The number of anilines is 1. The maximum absolute atomic E-state index is 11.0. The standard InChI is InChI=1S/C14H13N5O2/c15-13(20)9-3-1-5-11(7-9)17-19-18-12-6-2-4-10(8-12)14(16)21/h1-8H,(H2,15,20)(H2,16,21)(H,17,18). The van der Waals surface area contributed by atoms with E-state index in [4.69, 9.17) is 11.5 Å². The molecule has 0 saturated carbocycles. The van der Waals surface area contributed by atoms with E-state index in [-0.39, 0.29) is 0 Å². The van der Waals surface area contributed by atoms with Crippen molar-refractivity contribution in [3.05, 3.63) is 59.7 Å². The highest BCUT2D eigenvalue weighted by Crippen LogP contribution is 2.15. The van der Waals surface area contributed by atoms with Crippen molar-refractivity contribution in [2.45, 2.75) is 0 Å². The average molecular weight is 283 g/mol. The van der Waals surface area contributed by atoms with Crippen LogP contribution in [0.15, 0.2) is 58.9 Å². The molecule has 0 aliphatic heterocycles. The van der Waals surface area contributed by atoms with Crippen LogP contribution in [0.2, 0.25) is 0 Å². The van der Waals surface area contributed by atoms with E-state index in [1.54, 1.807) is 42.5 Å². The predicted octanol–water partition coefficient (Wildman–Crippen LogP) is 2.00. The molecule has 0 bridgehead atoms. The van der Waals surface area contributed by atoms with Gasteiger partial charge in [0.2, 0.25) is 11.8 Å². The number of carbonyl (C=O) groups is 2. The first-order chi connectivity index (χ1) is 10.1. The lowest BCUT2D eigenvalue weighted by atomic mass is 10.2. The Bertz CT molecular complexity index is 712. The Labute approximate surface area is 120 Å². The Balaban J connectivity index is 2.09. The van der Waals surface area contributed by atoms with Crippen LogP contribution in [0.25, 0.3) is 0 Å². The molecule has 7 heteroatoms. The van der Waals surface area contributed by atoms with Crippen molar-refractivity contribution in [2.75, 3.05) is 5.43 Å². The zero-order valence-electron chi connectivity index (χ0n) is 11.0. The second-order valence-corrected chi connectivity index (χ2v) is 4.17. The Morgan fingerprint density at radius 2 is 1.52 bits per heavy atom. The van der Waals surface area contributed by atoms with E-state index in [9.17, 15) is 9.59 Å². The average Bonchev–Trinajstić information content (AvgIpc) is 2.48. The zero-order chi connectivity index (χ0) is 15.2. The smallest absolute Gasteiger partial charge is 0.248 e. The third-order valence-electron chi connectivity index (χ3n) is 2.62. The molecule has 21 heavy (non-hydrogen) atoms. The van der Waals surface area contributed by atoms with E-state index in [0.717, 1.165) is 0 Å². The maximum Gasteiger partial charge on any atom is 0.248 e. The molecule has 0 saturated heterocycles. The third kappa shape index (κ3) is 3.87. The monoisotopic (exact) mass is 283 g/mol. The van der Waals surface area contributed by atoms with Crippen LogP contribution < -0.4 is 16.9 Å². The highest BCUT2D eigenvalue weighted by molar-refractivity contribution is 5.94. The number of nitrogens with two attached hydrogens (primary N) is 2. The van der Waals surface area contributed by atoms with Crippen LogP contribution >= 0.6 is 0 Å². The minimum atomic E-state index is -0.533. The molecule has 2 aromatic rings. The second kappa shape index (κ2) is 6.29. The van der Waals surface area contributed by atoms with Crippen LogP contribution in [0.4, 0.5) is 11.4 Å². The van der Waals surface area contributed by atoms with E-state index >= 15 is 0 Å². The van der Waals surface area contributed by atoms with Gasteiger partial charge in [0, 0.05) is 11.1 Å². The fourth-order valence-electron chi connectivity index (χ4n) is 1.60. The molecular formula is C14H13N5O2. The molecule has 0 spiro atoms. The summed E-state index contributed by atoms with van der Waals surface area (Å²) in [6.07, 6.45) is 0. The van der Waals surface area contributed by atoms with Gasteiger partial charge in [-0.15, -0.1) is 5.11 Å². The largest absolute Gasteiger partial charge is 0.366 e. The minimum absolute atomic E-state index is 0.349. The molecule has 0 radical (unpaired) electrons. The molecule has 0 aliphatic carbocycles. The van der Waals surface area contributed by atoms with Crippen LogP contribution in [-0.2, 0) is 0 Å². The van der Waals surface area contributed by atoms with Crippen LogP contribution in [0.3, 0.4) is 0 Å². The highest BCUT2D eigenvalue weighted by atomic mass is 16.1. The molecule has 0 aromatic heterocycles. The summed E-state index contributed by atoms with van der Waals surface area (Å²) in [4.78, 5) is 22.1. The van der Waals surface area contributed by atoms with Gasteiger partial charge in [-0.1, -0.05) is 17.4 Å². The zero-order valence-corrected chi connectivity index (χ0v) is 11.0. The van der Waals surface area contributed by atoms with Crippen molar-refractivity contribution < 1.29 is 9.59 Å². The summed E-state index contributed by atoms with van der Waals surface area (Å²) in [7, 11) is 0. The van der Waals surface area contributed by atoms with Crippen molar-refractivity contribution in [3.63, 3.8) is 0 Å². The fraction of sp³-hybridized carbons (Fsp3) is 0. The Kier molecular flexibility index (Phi) is 4.25. The first kappa shape index (κ1) is 14.2. The number of nitrogens with zero attached hydrogens (tertiary/aromatic N) is 2. The normalized spacial score (nSPS) is 10.5. The Morgan fingerprint density at radius 1 is 0.905 bits per heavy atom. The number of carbonyl (C=O) groups excluding carboxylic acids is 2. The number of hydrogen-bond donors (Lipinski definition) is 3. The first-order valence-corrected chi connectivity index (χ1v) is 6.03. The van der Waals surface area contributed by atoms with Crippen LogP contribution in [-0.4, -0.2) is 11.8 Å². The molecule has 0 fully saturated rings. The highest BCUT2D eigenvalue weighted by Gasteiger charge is 2.01. The molecule has 106 valence electrons. The topological polar surface area (TPSA) is 123 Å². The summed E-state index contributed by atoms with van der Waals surface area (Å²) in [5.41, 5.74) is 14.8. The van der Waals surface area contributed by atoms with Gasteiger partial charge in [0.25, 0.3) is 0 Å². The lowest BCUT2D eigenvalue weighted by Crippen LogP contribution is -2.10. The van der Waals surface area contributed by atoms with E-state index in [1.807, 2.05) is 0 Å². The molecule has 2 rings (SSSR count). The van der Waals surface area contributed by atoms with Crippen molar-refractivity contribution in [1.29, 1.82) is 0 Å². The molecule has 5 N–H and O–H groups in total. The lowest BCUT2D eigenvalue weighted by Gasteiger charge is -2.01. The molecule has 0 atom stereocenters. The van der Waals surface area contributed by atoms with Gasteiger partial charge >= 0.3 is 0 Å². The van der Waals surface area contributed by atoms with Crippen LogP contribution in [0.1, 0.15) is 20.7 Å². The molecular weight excluding hydrogens is 270 g/mol. The molecule has 0 heterocycles. The maximum atomic E-state index is 11.0. The number of benzene rings is 2. The van der Waals surface area contributed by atoms with Crippen LogP contribution in [0.5, 0.6) is 0 Å². The lowest BCUT2D eigenvalue weighted by molar-refractivity contribution is 0.0992. The number of amides is 2. The predicted molar refractivity (Wildman–Crippen MR) is 78.1 cm³/mol. The van der Waals surface area contributed by atoms with Gasteiger partial charge in [-0.05, 0) is 36.4 Å². The summed E-state index contributed by atoms with van der Waals surface area (Å²) in [5, 5.41) is 7.69. The quantitative estimate of drug-likeness (QED) is 0.574. The number of rotatable bonds is 5. The summed E-state index contributed by atoms with van der Waals surface area (Å²) in [6.45, 7) is 0. The van der Waals surface area contributed by atoms with Crippen LogP contribution in [0, 0.1) is 0 Å². The summed E-state index contributed by atoms with van der Waals surface area (Å²) in [5.74, 6) is -1.06. The van der Waals surface area contributed by atoms with E-state index in [1.165, 1.54) is 6.07 Å². The van der Waals surface area contributed by atoms with Gasteiger partial charge in [0.05, 0.1) is 11.4 Å². The second-order valence-electron chi connectivity index (χ2n) is 4.17. The molecule has 0 aliphatic rings. The summed E-state index contributed by atoms with van der Waals surface area (Å²) in [6, 6.07) is 13.0. The SMILES string of the molecule is NC(=O)c1cccc(/N=N/Nc2cccc(C(N)=O)c2)c1. The fourth-order valence-corrected chi connectivity index (χ4v) is 1.60. The van der Waals surface area contributed by atoms with Crippen molar-refractivity contribution in [2.24, 2.45) is 21.8 Å². The third-order valence-corrected chi connectivity index (χ3v) is 2.62. The van der Waals surface area contributed by atoms with Crippen molar-refractivity contribution >= 4 is 23.2 Å². The van der Waals surface area contributed by atoms with E-state index in [2.05, 4.69) is 15.8 Å². The number of hydrogen-bond acceptors (Lipinski definition) is 4. The van der Waals surface area contributed by atoms with Gasteiger partial charge in [-0.3, -0.25) is 15.0 Å². The van der Waals surface area contributed by atoms with Crippen molar-refractivity contribution in [1.82, 2.24) is 0 Å². The van der Waals surface area contributed by atoms with Gasteiger partial charge in [-0.2, -0.15) is 0 Å². The molecule has 2 amide bonds. The van der Waals surface area contributed by atoms with Gasteiger partial charge in [-0.25, -0.2) is 0 Å². The molecule has 0 unspecified atom stereocenters. The van der Waals surface area contributed by atoms with E-state index in [0.29, 0.717) is 22.5 Å². The summed E-state index contributed by atoms with van der Waals surface area (Å²) >= 11 is 0. The summed E-state index contributed by atoms with van der Waals surface area (Å²) < 4.78 is 0. The minimum Gasteiger partial charge on any atom is -0.366 e. The number of nitrogens with one attached hydrogen (secondary N) is 1. The van der Waals surface area contributed by atoms with Crippen molar-refractivity contribution in [3.8, 4) is 0 Å². The Hall–Kier alpha value is -3.22. The Morgan fingerprint density at radius 3 is 2.19 bits per heavy atom. The van der Waals surface area contributed by atoms with Gasteiger partial charge < -0.3 is 11.5 Å². The van der Waals surface area contributed by atoms with Gasteiger partial charge in [0.1, 0.15) is 0 Å². The molecule has 2 aromatic carbocycles.